The molecule has 0 amide bonds. The van der Waals surface area contributed by atoms with E-state index in [1.807, 2.05) is 20.8 Å². The summed E-state index contributed by atoms with van der Waals surface area (Å²) in [5.41, 5.74) is 0.903. The van der Waals surface area contributed by atoms with Crippen LogP contribution < -0.4 is 0 Å². The largest absolute Gasteiger partial charge is 0.267 e. The minimum Gasteiger partial charge on any atom is -0.267 e. The van der Waals surface area contributed by atoms with E-state index in [2.05, 4.69) is 5.10 Å². The molecule has 0 aromatic carbocycles. The van der Waals surface area contributed by atoms with Crippen molar-refractivity contribution in [2.45, 2.75) is 33.7 Å². The van der Waals surface area contributed by atoms with Crippen LogP contribution in [0.3, 0.4) is 0 Å². The maximum absolute atomic E-state index is 11.7. The summed E-state index contributed by atoms with van der Waals surface area (Å²) in [6, 6.07) is 0. The monoisotopic (exact) mass is 176 g/mol. The number of rotatable bonds is 2. The molecule has 0 N–H and O–H groups in total. The quantitative estimate of drug-likeness (QED) is 0.676. The fraction of sp³-hybridized carbons (Fsp3) is 0.625. The molecule has 1 heterocycles. The predicted molar refractivity (Wildman–Crippen MR) is 44.3 cm³/mol. The summed E-state index contributed by atoms with van der Waals surface area (Å²) < 4.78 is 24.6. The smallest absolute Gasteiger partial charge is 0.257 e. The van der Waals surface area contributed by atoms with Crippen molar-refractivity contribution < 1.29 is 8.78 Å². The molecule has 0 bridgehead atoms. The Labute approximate surface area is 71.2 Å². The standard InChI is InChI=1S/C6H8F2N2.C2H6/c1-5-2-9-10(3-5)4-6(7)8;1-2/h2-3,6H,4H2,1H3;1-2H3. The summed E-state index contributed by atoms with van der Waals surface area (Å²) in [6.07, 6.45) is 0.827. The summed E-state index contributed by atoms with van der Waals surface area (Å²) in [5.74, 6) is 0. The zero-order valence-corrected chi connectivity index (χ0v) is 7.59. The van der Waals surface area contributed by atoms with Crippen LogP contribution >= 0.6 is 0 Å². The third-order valence-corrected chi connectivity index (χ3v) is 1.09. The molecule has 1 rings (SSSR count). The Morgan fingerprint density at radius 1 is 1.50 bits per heavy atom. The van der Waals surface area contributed by atoms with Gasteiger partial charge < -0.3 is 0 Å². The van der Waals surface area contributed by atoms with Crippen LogP contribution in [0.15, 0.2) is 12.4 Å². The number of aromatic nitrogens is 2. The molecule has 70 valence electrons. The molecule has 1 aromatic rings. The molecule has 2 nitrogen and oxygen atoms in total. The van der Waals surface area contributed by atoms with Gasteiger partial charge in [0.25, 0.3) is 6.43 Å². The van der Waals surface area contributed by atoms with E-state index in [1.54, 1.807) is 12.4 Å². The summed E-state index contributed by atoms with van der Waals surface area (Å²) >= 11 is 0. The van der Waals surface area contributed by atoms with Crippen molar-refractivity contribution in [1.29, 1.82) is 0 Å². The van der Waals surface area contributed by atoms with Gasteiger partial charge in [0.05, 0.1) is 6.20 Å². The van der Waals surface area contributed by atoms with E-state index in [1.165, 1.54) is 4.68 Å². The number of nitrogens with zero attached hydrogens (tertiary/aromatic N) is 2. The molecule has 0 atom stereocenters. The number of aryl methyl sites for hydroxylation is 1. The molecule has 0 aliphatic rings. The highest BCUT2D eigenvalue weighted by molar-refractivity contribution is 4.99. The van der Waals surface area contributed by atoms with E-state index in [4.69, 9.17) is 0 Å². The Morgan fingerprint density at radius 2 is 2.08 bits per heavy atom. The average molecular weight is 176 g/mol. The van der Waals surface area contributed by atoms with Crippen LogP contribution in [0.4, 0.5) is 8.78 Å². The van der Waals surface area contributed by atoms with Crippen LogP contribution in [0.25, 0.3) is 0 Å². The highest BCUT2D eigenvalue weighted by Crippen LogP contribution is 1.99. The molecule has 0 radical (unpaired) electrons. The summed E-state index contributed by atoms with van der Waals surface area (Å²) in [5, 5.41) is 3.69. The lowest BCUT2D eigenvalue weighted by Gasteiger charge is -1.96. The molecule has 0 unspecified atom stereocenters. The second kappa shape index (κ2) is 5.69. The molecule has 0 spiro atoms. The van der Waals surface area contributed by atoms with Crippen LogP contribution in [-0.4, -0.2) is 16.2 Å². The van der Waals surface area contributed by atoms with Gasteiger partial charge >= 0.3 is 0 Å². The van der Waals surface area contributed by atoms with Crippen LogP contribution in [0, 0.1) is 6.92 Å². The van der Waals surface area contributed by atoms with E-state index in [0.717, 1.165) is 5.56 Å². The lowest BCUT2D eigenvalue weighted by atomic mass is 10.4. The molecule has 1 aromatic heterocycles. The first kappa shape index (κ1) is 11.1. The van der Waals surface area contributed by atoms with Gasteiger partial charge in [-0.15, -0.1) is 0 Å². The van der Waals surface area contributed by atoms with Crippen molar-refractivity contribution in [2.24, 2.45) is 0 Å². The van der Waals surface area contributed by atoms with Gasteiger partial charge in [-0.2, -0.15) is 5.10 Å². The Balaban J connectivity index is 0.000000561. The van der Waals surface area contributed by atoms with Crippen molar-refractivity contribution in [3.63, 3.8) is 0 Å². The Hall–Kier alpha value is -0.930. The van der Waals surface area contributed by atoms with E-state index < -0.39 is 6.43 Å². The highest BCUT2D eigenvalue weighted by Gasteiger charge is 2.03. The Bertz CT molecular complexity index is 209. The molecule has 12 heavy (non-hydrogen) atoms. The van der Waals surface area contributed by atoms with Crippen molar-refractivity contribution in [2.75, 3.05) is 0 Å². The van der Waals surface area contributed by atoms with E-state index in [0.29, 0.717) is 0 Å². The summed E-state index contributed by atoms with van der Waals surface area (Å²) in [4.78, 5) is 0. The zero-order chi connectivity index (χ0) is 9.56. The van der Waals surface area contributed by atoms with Gasteiger partial charge in [0, 0.05) is 6.20 Å². The normalized spacial score (nSPS) is 9.50. The first-order valence-corrected chi connectivity index (χ1v) is 3.95. The van der Waals surface area contributed by atoms with Crippen molar-refractivity contribution in [3.05, 3.63) is 18.0 Å². The number of hydrogen-bond donors (Lipinski definition) is 0. The maximum atomic E-state index is 11.7. The molecule has 0 saturated heterocycles. The molecule has 0 fully saturated rings. The van der Waals surface area contributed by atoms with E-state index >= 15 is 0 Å². The summed E-state index contributed by atoms with van der Waals surface area (Å²) in [7, 11) is 0. The molecule has 0 aliphatic carbocycles. The van der Waals surface area contributed by atoms with Gasteiger partial charge in [-0.25, -0.2) is 8.78 Å². The van der Waals surface area contributed by atoms with Crippen LogP contribution in [-0.2, 0) is 6.54 Å². The molecule has 4 heteroatoms. The lowest BCUT2D eigenvalue weighted by Crippen LogP contribution is -2.06. The fourth-order valence-corrected chi connectivity index (χ4v) is 0.708. The fourth-order valence-electron chi connectivity index (χ4n) is 0.708. The van der Waals surface area contributed by atoms with Gasteiger partial charge in [-0.3, -0.25) is 4.68 Å². The first-order chi connectivity index (χ1) is 5.68. The molecule has 0 saturated carbocycles. The van der Waals surface area contributed by atoms with Crippen LogP contribution in [0.5, 0.6) is 0 Å². The van der Waals surface area contributed by atoms with Gasteiger partial charge in [-0.1, -0.05) is 13.8 Å². The first-order valence-electron chi connectivity index (χ1n) is 3.95. The second-order valence-corrected chi connectivity index (χ2v) is 2.13. The Morgan fingerprint density at radius 3 is 2.42 bits per heavy atom. The van der Waals surface area contributed by atoms with Gasteiger partial charge in [0.15, 0.2) is 0 Å². The highest BCUT2D eigenvalue weighted by atomic mass is 19.3. The maximum Gasteiger partial charge on any atom is 0.257 e. The molecule has 0 aliphatic heterocycles. The Kier molecular flexibility index (Phi) is 5.25. The van der Waals surface area contributed by atoms with Gasteiger partial charge in [0.1, 0.15) is 6.54 Å². The molecular formula is C8H14F2N2. The predicted octanol–water partition coefficient (Wildman–Crippen LogP) is 2.48. The SMILES string of the molecule is CC.Cc1cnn(CC(F)F)c1. The third kappa shape index (κ3) is 4.05. The lowest BCUT2D eigenvalue weighted by molar-refractivity contribution is 0.122. The minimum atomic E-state index is -2.32. The zero-order valence-electron chi connectivity index (χ0n) is 7.59. The van der Waals surface area contributed by atoms with Crippen LogP contribution in [0.2, 0.25) is 0 Å². The average Bonchev–Trinajstić information content (AvgIpc) is 2.39. The minimum absolute atomic E-state index is 0.312. The van der Waals surface area contributed by atoms with Crippen molar-refractivity contribution in [3.8, 4) is 0 Å². The number of alkyl halides is 2. The van der Waals surface area contributed by atoms with Gasteiger partial charge in [-0.05, 0) is 12.5 Å². The van der Waals surface area contributed by atoms with Crippen molar-refractivity contribution >= 4 is 0 Å². The summed E-state index contributed by atoms with van der Waals surface area (Å²) in [6.45, 7) is 5.50. The third-order valence-electron chi connectivity index (χ3n) is 1.09. The molecular weight excluding hydrogens is 162 g/mol. The van der Waals surface area contributed by atoms with Gasteiger partial charge in [0.2, 0.25) is 0 Å². The second-order valence-electron chi connectivity index (χ2n) is 2.13. The van der Waals surface area contributed by atoms with Crippen LogP contribution in [0.1, 0.15) is 19.4 Å². The van der Waals surface area contributed by atoms with E-state index in [-0.39, 0.29) is 6.54 Å². The van der Waals surface area contributed by atoms with Crippen molar-refractivity contribution in [1.82, 2.24) is 9.78 Å². The number of halogens is 2. The van der Waals surface area contributed by atoms with E-state index in [9.17, 15) is 8.78 Å². The topological polar surface area (TPSA) is 17.8 Å². The number of hydrogen-bond acceptors (Lipinski definition) is 1.